The van der Waals surface area contributed by atoms with Crippen LogP contribution in [0.3, 0.4) is 0 Å². The van der Waals surface area contributed by atoms with E-state index in [9.17, 15) is 0 Å². The van der Waals surface area contributed by atoms with Crippen molar-refractivity contribution < 1.29 is 9.47 Å². The minimum absolute atomic E-state index is 0.140. The van der Waals surface area contributed by atoms with Crippen molar-refractivity contribution in [1.82, 2.24) is 0 Å². The van der Waals surface area contributed by atoms with E-state index in [1.54, 1.807) is 14.2 Å². The smallest absolute Gasteiger partial charge is 0.135 e. The van der Waals surface area contributed by atoms with E-state index in [0.717, 1.165) is 0 Å². The second-order valence-corrected chi connectivity index (χ2v) is 17.6. The molecule has 0 aromatic rings. The monoisotopic (exact) mass is 248 g/mol. The van der Waals surface area contributed by atoms with Gasteiger partial charge in [0.25, 0.3) is 0 Å². The highest BCUT2D eigenvalue weighted by Crippen LogP contribution is 2.28. The predicted molar refractivity (Wildman–Crippen MR) is 72.6 cm³/mol. The number of methoxy groups -OCH3 is 2. The summed E-state index contributed by atoms with van der Waals surface area (Å²) < 4.78 is 11.1. The zero-order valence-corrected chi connectivity index (χ0v) is 13.5. The Bertz CT molecular complexity index is 148. The molecule has 2 nitrogen and oxygen atoms in total. The van der Waals surface area contributed by atoms with E-state index in [4.69, 9.17) is 9.47 Å². The highest BCUT2D eigenvalue weighted by molar-refractivity contribution is 7.33. The molecule has 0 fully saturated rings. The third-order valence-electron chi connectivity index (χ3n) is 4.13. The van der Waals surface area contributed by atoms with Crippen LogP contribution in [-0.4, -0.2) is 36.0 Å². The molecule has 1 atom stereocenters. The normalized spacial score (nSPS) is 14.6. The summed E-state index contributed by atoms with van der Waals surface area (Å²) in [5.74, 6) is 0.140. The third kappa shape index (κ3) is 3.41. The molecule has 0 amide bonds. The van der Waals surface area contributed by atoms with Crippen LogP contribution in [0.5, 0.6) is 0 Å². The van der Waals surface area contributed by atoms with Crippen LogP contribution in [0.25, 0.3) is 0 Å². The van der Waals surface area contributed by atoms with Crippen molar-refractivity contribution in [2.75, 3.05) is 14.2 Å². The van der Waals surface area contributed by atoms with Gasteiger partial charge < -0.3 is 9.47 Å². The Balaban J connectivity index is 4.86. The van der Waals surface area contributed by atoms with Gasteiger partial charge in [0.15, 0.2) is 0 Å². The number of rotatable bonds is 8. The fraction of sp³-hybridized carbons (Fsp3) is 1.00. The summed E-state index contributed by atoms with van der Waals surface area (Å²) in [6.07, 6.45) is 0. The molecule has 0 saturated heterocycles. The largest absolute Gasteiger partial charge is 0.360 e. The lowest BCUT2D eigenvalue weighted by atomic mass is 10.9. The van der Waals surface area contributed by atoms with Gasteiger partial charge in [-0.05, 0) is 0 Å². The van der Waals surface area contributed by atoms with E-state index in [2.05, 4.69) is 27.7 Å². The Morgan fingerprint density at radius 1 is 0.933 bits per heavy atom. The lowest BCUT2D eigenvalue weighted by Gasteiger charge is -2.38. The zero-order chi connectivity index (χ0) is 11.9. The van der Waals surface area contributed by atoms with Gasteiger partial charge in [-0.3, -0.25) is 0 Å². The topological polar surface area (TPSA) is 18.5 Å². The van der Waals surface area contributed by atoms with E-state index in [-0.39, 0.29) is 5.91 Å². The van der Waals surface area contributed by atoms with E-state index >= 15 is 0 Å². The second kappa shape index (κ2) is 7.60. The molecule has 92 valence electrons. The molecule has 0 aromatic carbocycles. The molecule has 0 aliphatic carbocycles. The van der Waals surface area contributed by atoms with E-state index < -0.39 is 15.9 Å². The van der Waals surface area contributed by atoms with Crippen molar-refractivity contribution in [3.8, 4) is 0 Å². The number of hydrogen-bond donors (Lipinski definition) is 0. The number of hydrogen-bond acceptors (Lipinski definition) is 2. The fourth-order valence-corrected chi connectivity index (χ4v) is 18.3. The van der Waals surface area contributed by atoms with Gasteiger partial charge in [0.1, 0.15) is 5.91 Å². The molecule has 1 unspecified atom stereocenters. The van der Waals surface area contributed by atoms with Gasteiger partial charge >= 0.3 is 0 Å². The summed E-state index contributed by atoms with van der Waals surface area (Å²) in [4.78, 5) is 0. The van der Waals surface area contributed by atoms with Gasteiger partial charge in [0.2, 0.25) is 0 Å². The van der Waals surface area contributed by atoms with Crippen LogP contribution in [0.15, 0.2) is 0 Å². The maximum absolute atomic E-state index is 5.54. The van der Waals surface area contributed by atoms with Crippen LogP contribution in [0.1, 0.15) is 27.7 Å². The first-order valence-electron chi connectivity index (χ1n) is 6.21. The molecule has 0 heterocycles. The van der Waals surface area contributed by atoms with Crippen molar-refractivity contribution >= 4 is 15.9 Å². The minimum atomic E-state index is -1.06. The quantitative estimate of drug-likeness (QED) is 0.486. The van der Waals surface area contributed by atoms with Gasteiger partial charge in [-0.2, -0.15) is 0 Å². The Hall–Kier alpha value is 0.354. The van der Waals surface area contributed by atoms with E-state index in [1.165, 1.54) is 24.2 Å². The van der Waals surface area contributed by atoms with Gasteiger partial charge in [0.05, 0.1) is 8.31 Å². The standard InChI is InChI=1S/C11H28O2Si2/c1-7-14(11(12-5)13-6)15(8-2,9-3)10-4/h11,14H,7-10H2,1-6H3. The highest BCUT2D eigenvalue weighted by Gasteiger charge is 2.41. The molecule has 0 radical (unpaired) electrons. The highest BCUT2D eigenvalue weighted by atomic mass is 29.2. The van der Waals surface area contributed by atoms with Gasteiger partial charge in [0, 0.05) is 21.8 Å². The van der Waals surface area contributed by atoms with Crippen molar-refractivity contribution in [3.05, 3.63) is 0 Å². The van der Waals surface area contributed by atoms with Crippen molar-refractivity contribution in [3.63, 3.8) is 0 Å². The van der Waals surface area contributed by atoms with Crippen LogP contribution in [0, 0.1) is 0 Å². The molecule has 15 heavy (non-hydrogen) atoms. The van der Waals surface area contributed by atoms with Gasteiger partial charge in [-0.1, -0.05) is 51.9 Å². The third-order valence-corrected chi connectivity index (χ3v) is 22.4. The predicted octanol–water partition coefficient (Wildman–Crippen LogP) is 2.98. The maximum atomic E-state index is 5.54. The second-order valence-electron chi connectivity index (χ2n) is 4.28. The first-order valence-corrected chi connectivity index (χ1v) is 12.1. The summed E-state index contributed by atoms with van der Waals surface area (Å²) in [7, 11) is 1.64. The van der Waals surface area contributed by atoms with Gasteiger partial charge in [-0.25, -0.2) is 0 Å². The Kier molecular flexibility index (Phi) is 7.78. The summed E-state index contributed by atoms with van der Waals surface area (Å²) in [6.45, 7) is 9.44. The summed E-state index contributed by atoms with van der Waals surface area (Å²) in [6, 6.07) is 5.50. The van der Waals surface area contributed by atoms with Crippen molar-refractivity contribution in [2.45, 2.75) is 57.8 Å². The van der Waals surface area contributed by atoms with E-state index in [1.807, 2.05) is 0 Å². The fourth-order valence-electron chi connectivity index (χ4n) is 2.88. The first-order chi connectivity index (χ1) is 7.15. The molecular formula is C11H28O2Si2. The molecule has 0 aliphatic rings. The Morgan fingerprint density at radius 3 is 1.53 bits per heavy atom. The van der Waals surface area contributed by atoms with Crippen molar-refractivity contribution in [2.24, 2.45) is 0 Å². The van der Waals surface area contributed by atoms with Crippen LogP contribution < -0.4 is 0 Å². The lowest BCUT2D eigenvalue weighted by molar-refractivity contribution is -0.0456. The van der Waals surface area contributed by atoms with Crippen LogP contribution in [-0.2, 0) is 9.47 Å². The first kappa shape index (κ1) is 15.4. The average molecular weight is 249 g/mol. The Morgan fingerprint density at radius 2 is 1.33 bits per heavy atom. The summed E-state index contributed by atoms with van der Waals surface area (Å²) in [5, 5.41) is 0. The minimum Gasteiger partial charge on any atom is -0.360 e. The molecule has 0 N–H and O–H groups in total. The van der Waals surface area contributed by atoms with Crippen LogP contribution in [0.4, 0.5) is 0 Å². The number of ether oxygens (including phenoxy) is 2. The molecule has 0 rings (SSSR count). The van der Waals surface area contributed by atoms with Crippen LogP contribution >= 0.6 is 0 Å². The summed E-state index contributed by atoms with van der Waals surface area (Å²) >= 11 is 0. The van der Waals surface area contributed by atoms with Gasteiger partial charge in [-0.15, -0.1) is 0 Å². The molecular weight excluding hydrogens is 220 g/mol. The molecule has 0 bridgehead atoms. The molecule has 4 heteroatoms. The average Bonchev–Trinajstić information content (AvgIpc) is 2.30. The molecule has 0 aliphatic heterocycles. The molecule has 0 spiro atoms. The van der Waals surface area contributed by atoms with Crippen molar-refractivity contribution in [1.29, 1.82) is 0 Å². The Labute approximate surface area is 97.8 Å². The maximum Gasteiger partial charge on any atom is 0.135 e. The van der Waals surface area contributed by atoms with Crippen LogP contribution in [0.2, 0.25) is 24.2 Å². The molecule has 0 aromatic heterocycles. The SMILES string of the molecule is CC[SiH](C(OC)OC)[Si](CC)(CC)CC. The van der Waals surface area contributed by atoms with E-state index in [0.29, 0.717) is 0 Å². The molecule has 0 saturated carbocycles. The lowest BCUT2D eigenvalue weighted by Crippen LogP contribution is -2.57. The zero-order valence-electron chi connectivity index (χ0n) is 11.3. The summed E-state index contributed by atoms with van der Waals surface area (Å²) in [5.41, 5.74) is 0.